The molecular weight excluding hydrogens is 259 g/mol. The lowest BCUT2D eigenvalue weighted by Crippen LogP contribution is -2.36. The molecule has 8 heteroatoms. The smallest absolute Gasteiger partial charge is 0.326 e. The van der Waals surface area contributed by atoms with Gasteiger partial charge in [-0.15, -0.1) is 0 Å². The Bertz CT molecular complexity index is 520. The van der Waals surface area contributed by atoms with Crippen LogP contribution in [0.1, 0.15) is 6.92 Å². The fraction of sp³-hybridized carbons (Fsp3) is 0.364. The van der Waals surface area contributed by atoms with E-state index in [1.54, 1.807) is 0 Å². The van der Waals surface area contributed by atoms with Crippen LogP contribution in [0.25, 0.3) is 0 Å². The molecule has 1 rings (SSSR count). The summed E-state index contributed by atoms with van der Waals surface area (Å²) in [4.78, 5) is 22.2. The van der Waals surface area contributed by atoms with E-state index in [4.69, 9.17) is 9.84 Å². The molecule has 0 heterocycles. The quantitative estimate of drug-likeness (QED) is 0.647. The Morgan fingerprint density at radius 3 is 2.58 bits per heavy atom. The van der Waals surface area contributed by atoms with Gasteiger partial charge in [0, 0.05) is 13.1 Å². The van der Waals surface area contributed by atoms with Gasteiger partial charge in [-0.05, 0) is 6.92 Å². The highest BCUT2D eigenvalue weighted by atomic mass is 19.1. The molecular formula is C11H13FN2O5. The molecule has 19 heavy (non-hydrogen) atoms. The van der Waals surface area contributed by atoms with Crippen molar-refractivity contribution >= 4 is 17.3 Å². The number of nitro groups is 1. The van der Waals surface area contributed by atoms with Crippen LogP contribution < -0.4 is 9.64 Å². The van der Waals surface area contributed by atoms with Gasteiger partial charge in [-0.25, -0.2) is 9.18 Å². The predicted octanol–water partition coefficient (Wildman–Crippen LogP) is 1.65. The van der Waals surface area contributed by atoms with Gasteiger partial charge in [-0.1, -0.05) is 0 Å². The maximum atomic E-state index is 13.4. The Kier molecular flexibility index (Phi) is 4.26. The molecule has 0 aliphatic rings. The average molecular weight is 272 g/mol. The molecule has 0 spiro atoms. The monoisotopic (exact) mass is 272 g/mol. The molecule has 0 saturated heterocycles. The van der Waals surface area contributed by atoms with Gasteiger partial charge in [0.1, 0.15) is 11.7 Å². The molecule has 0 aliphatic heterocycles. The zero-order chi connectivity index (χ0) is 14.7. The minimum Gasteiger partial charge on any atom is -0.494 e. The Morgan fingerprint density at radius 1 is 1.58 bits per heavy atom. The molecule has 1 aromatic rings. The highest BCUT2D eigenvalue weighted by Gasteiger charge is 2.26. The first kappa shape index (κ1) is 14.7. The third kappa shape index (κ3) is 2.90. The van der Waals surface area contributed by atoms with Crippen molar-refractivity contribution in [3.63, 3.8) is 0 Å². The van der Waals surface area contributed by atoms with E-state index >= 15 is 0 Å². The number of carbonyl (C=O) groups is 1. The minimum atomic E-state index is -1.15. The van der Waals surface area contributed by atoms with E-state index in [0.29, 0.717) is 6.07 Å². The molecule has 0 aromatic heterocycles. The summed E-state index contributed by atoms with van der Waals surface area (Å²) < 4.78 is 18.2. The third-order valence-corrected chi connectivity index (χ3v) is 2.76. The van der Waals surface area contributed by atoms with Crippen molar-refractivity contribution in [3.8, 4) is 5.75 Å². The van der Waals surface area contributed by atoms with Crippen molar-refractivity contribution in [2.45, 2.75) is 13.0 Å². The Hall–Kier alpha value is -2.38. The number of anilines is 1. The zero-order valence-corrected chi connectivity index (χ0v) is 10.6. The van der Waals surface area contributed by atoms with E-state index in [-0.39, 0.29) is 11.4 Å². The SMILES string of the molecule is COc1cc(N(C)C(C)C(=O)O)c([N+](=O)[O-])cc1F. The highest BCUT2D eigenvalue weighted by Crippen LogP contribution is 2.34. The molecule has 1 atom stereocenters. The molecule has 0 bridgehead atoms. The summed E-state index contributed by atoms with van der Waals surface area (Å²) in [6.07, 6.45) is 0. The highest BCUT2D eigenvalue weighted by molar-refractivity contribution is 5.79. The fourth-order valence-electron chi connectivity index (χ4n) is 1.49. The second kappa shape index (κ2) is 5.51. The Labute approximate surface area is 108 Å². The number of rotatable bonds is 5. The van der Waals surface area contributed by atoms with Gasteiger partial charge >= 0.3 is 5.97 Å². The zero-order valence-electron chi connectivity index (χ0n) is 10.6. The van der Waals surface area contributed by atoms with Gasteiger partial charge < -0.3 is 14.7 Å². The fourth-order valence-corrected chi connectivity index (χ4v) is 1.49. The van der Waals surface area contributed by atoms with E-state index in [9.17, 15) is 19.3 Å². The number of benzene rings is 1. The van der Waals surface area contributed by atoms with Crippen molar-refractivity contribution in [3.05, 3.63) is 28.1 Å². The summed E-state index contributed by atoms with van der Waals surface area (Å²) in [6.45, 7) is 1.36. The standard InChI is InChI=1S/C11H13FN2O5/c1-6(11(15)16)13(2)8-5-10(19-3)7(12)4-9(8)14(17)18/h4-6H,1-3H3,(H,15,16). The maximum absolute atomic E-state index is 13.4. The van der Waals surface area contributed by atoms with Crippen LogP contribution >= 0.6 is 0 Å². The molecule has 7 nitrogen and oxygen atoms in total. The van der Waals surface area contributed by atoms with E-state index in [2.05, 4.69) is 0 Å². The number of aliphatic carboxylic acids is 1. The summed E-state index contributed by atoms with van der Waals surface area (Å²) in [7, 11) is 2.59. The molecule has 0 radical (unpaired) electrons. The predicted molar refractivity (Wildman–Crippen MR) is 65.1 cm³/mol. The number of methoxy groups -OCH3 is 1. The summed E-state index contributed by atoms with van der Waals surface area (Å²) >= 11 is 0. The van der Waals surface area contributed by atoms with Crippen LogP contribution in [0.2, 0.25) is 0 Å². The topological polar surface area (TPSA) is 92.9 Å². The third-order valence-electron chi connectivity index (χ3n) is 2.76. The summed E-state index contributed by atoms with van der Waals surface area (Å²) in [6, 6.07) is 0.806. The van der Waals surface area contributed by atoms with Crippen LogP contribution in [0.4, 0.5) is 15.8 Å². The van der Waals surface area contributed by atoms with E-state index in [1.807, 2.05) is 0 Å². The van der Waals surface area contributed by atoms with Crippen molar-refractivity contribution < 1.29 is 24.0 Å². The molecule has 0 fully saturated rings. The first-order valence-corrected chi connectivity index (χ1v) is 5.27. The number of carboxylic acid groups (broad SMARTS) is 1. The van der Waals surface area contributed by atoms with Crippen LogP contribution in [0.3, 0.4) is 0 Å². The Balaban J connectivity index is 3.38. The second-order valence-electron chi connectivity index (χ2n) is 3.86. The van der Waals surface area contributed by atoms with Gasteiger partial charge in [0.15, 0.2) is 11.6 Å². The number of nitro benzene ring substituents is 1. The van der Waals surface area contributed by atoms with Crippen molar-refractivity contribution in [1.29, 1.82) is 0 Å². The lowest BCUT2D eigenvalue weighted by molar-refractivity contribution is -0.384. The number of nitrogens with zero attached hydrogens (tertiary/aromatic N) is 2. The second-order valence-corrected chi connectivity index (χ2v) is 3.86. The van der Waals surface area contributed by atoms with Crippen molar-refractivity contribution in [2.75, 3.05) is 19.1 Å². The van der Waals surface area contributed by atoms with Crippen molar-refractivity contribution in [1.82, 2.24) is 0 Å². The van der Waals surface area contributed by atoms with Gasteiger partial charge in [0.2, 0.25) is 0 Å². The Morgan fingerprint density at radius 2 is 2.16 bits per heavy atom. The number of hydrogen-bond donors (Lipinski definition) is 1. The molecule has 1 aromatic carbocycles. The van der Waals surface area contributed by atoms with Gasteiger partial charge in [-0.3, -0.25) is 10.1 Å². The molecule has 0 amide bonds. The first-order chi connectivity index (χ1) is 8.79. The molecule has 0 saturated carbocycles. The molecule has 0 aliphatic carbocycles. The molecule has 104 valence electrons. The number of ether oxygens (including phenoxy) is 1. The first-order valence-electron chi connectivity index (χ1n) is 5.27. The molecule has 1 N–H and O–H groups in total. The minimum absolute atomic E-state index is 0.0295. The van der Waals surface area contributed by atoms with Crippen LogP contribution in [-0.4, -0.2) is 36.2 Å². The van der Waals surface area contributed by atoms with Gasteiger partial charge in [0.25, 0.3) is 5.69 Å². The average Bonchev–Trinajstić information content (AvgIpc) is 2.36. The number of carboxylic acids is 1. The molecule has 1 unspecified atom stereocenters. The normalized spacial score (nSPS) is 11.8. The van der Waals surface area contributed by atoms with E-state index < -0.39 is 28.4 Å². The van der Waals surface area contributed by atoms with Crippen molar-refractivity contribution in [2.24, 2.45) is 0 Å². The number of halogens is 1. The number of likely N-dealkylation sites (N-methyl/N-ethyl adjacent to an activating group) is 1. The maximum Gasteiger partial charge on any atom is 0.326 e. The lowest BCUT2D eigenvalue weighted by Gasteiger charge is -2.23. The van der Waals surface area contributed by atoms with Crippen LogP contribution in [0.5, 0.6) is 5.75 Å². The van der Waals surface area contributed by atoms with Crippen LogP contribution in [0, 0.1) is 15.9 Å². The van der Waals surface area contributed by atoms with Crippen LogP contribution in [0.15, 0.2) is 12.1 Å². The lowest BCUT2D eigenvalue weighted by atomic mass is 10.2. The largest absolute Gasteiger partial charge is 0.494 e. The summed E-state index contributed by atoms with van der Waals surface area (Å²) in [5, 5.41) is 19.8. The van der Waals surface area contributed by atoms with Gasteiger partial charge in [-0.2, -0.15) is 0 Å². The number of hydrogen-bond acceptors (Lipinski definition) is 5. The van der Waals surface area contributed by atoms with E-state index in [0.717, 1.165) is 6.07 Å². The van der Waals surface area contributed by atoms with Gasteiger partial charge in [0.05, 0.1) is 18.1 Å². The van der Waals surface area contributed by atoms with Crippen LogP contribution in [-0.2, 0) is 4.79 Å². The summed E-state index contributed by atoms with van der Waals surface area (Å²) in [5.74, 6) is -2.22. The summed E-state index contributed by atoms with van der Waals surface area (Å²) in [5.41, 5.74) is -0.549. The van der Waals surface area contributed by atoms with E-state index in [1.165, 1.54) is 26.0 Å².